The molecule has 1 fully saturated rings. The summed E-state index contributed by atoms with van der Waals surface area (Å²) in [6, 6.07) is -0.0923. The van der Waals surface area contributed by atoms with Gasteiger partial charge in [0, 0.05) is 19.6 Å². The number of hydrogen-bond acceptors (Lipinski definition) is 3. The Morgan fingerprint density at radius 2 is 2.11 bits per heavy atom. The van der Waals surface area contributed by atoms with Gasteiger partial charge in [-0.25, -0.2) is 0 Å². The lowest BCUT2D eigenvalue weighted by Crippen LogP contribution is -2.52. The highest BCUT2D eigenvalue weighted by Crippen LogP contribution is 2.21. The molecule has 0 aliphatic carbocycles. The molecule has 4 heteroatoms. The molecule has 1 rings (SSSR count). The van der Waals surface area contributed by atoms with Gasteiger partial charge in [-0.2, -0.15) is 0 Å². The second kappa shape index (κ2) is 7.10. The normalized spacial score (nSPS) is 27.2. The minimum Gasteiger partial charge on any atom is -0.393 e. The topological polar surface area (TPSA) is 52.6 Å². The van der Waals surface area contributed by atoms with Crippen LogP contribution >= 0.6 is 0 Å². The molecule has 106 valence electrons. The fraction of sp³-hybridized carbons (Fsp3) is 0.929. The first-order valence-corrected chi connectivity index (χ1v) is 7.15. The van der Waals surface area contributed by atoms with E-state index in [-0.39, 0.29) is 18.1 Å². The smallest absolute Gasteiger partial charge is 0.237 e. The zero-order chi connectivity index (χ0) is 13.7. The zero-order valence-electron chi connectivity index (χ0n) is 12.1. The van der Waals surface area contributed by atoms with Crippen molar-refractivity contribution >= 4 is 5.91 Å². The van der Waals surface area contributed by atoms with Crippen molar-refractivity contribution in [1.82, 2.24) is 10.2 Å². The van der Waals surface area contributed by atoms with E-state index in [0.717, 1.165) is 32.5 Å². The largest absolute Gasteiger partial charge is 0.393 e. The lowest BCUT2D eigenvalue weighted by molar-refractivity contribution is -0.127. The van der Waals surface area contributed by atoms with Crippen LogP contribution in [0.5, 0.6) is 0 Å². The summed E-state index contributed by atoms with van der Waals surface area (Å²) in [7, 11) is 0. The van der Waals surface area contributed by atoms with Crippen LogP contribution < -0.4 is 5.32 Å². The number of hydrogen-bond donors (Lipinski definition) is 2. The van der Waals surface area contributed by atoms with E-state index in [1.807, 2.05) is 6.92 Å². The fourth-order valence-corrected chi connectivity index (χ4v) is 2.42. The van der Waals surface area contributed by atoms with E-state index in [9.17, 15) is 9.90 Å². The monoisotopic (exact) mass is 256 g/mol. The molecular weight excluding hydrogens is 228 g/mol. The third-order valence-electron chi connectivity index (χ3n) is 3.86. The van der Waals surface area contributed by atoms with Crippen LogP contribution in [0.15, 0.2) is 0 Å². The van der Waals surface area contributed by atoms with Gasteiger partial charge in [0.25, 0.3) is 0 Å². The third kappa shape index (κ3) is 4.25. The summed E-state index contributed by atoms with van der Waals surface area (Å²) in [4.78, 5) is 14.2. The van der Waals surface area contributed by atoms with Crippen molar-refractivity contribution in [3.05, 3.63) is 0 Å². The highest BCUT2D eigenvalue weighted by atomic mass is 16.3. The maximum absolute atomic E-state index is 12.0. The van der Waals surface area contributed by atoms with Crippen molar-refractivity contribution in [3.63, 3.8) is 0 Å². The van der Waals surface area contributed by atoms with E-state index in [0.29, 0.717) is 11.8 Å². The Morgan fingerprint density at radius 1 is 1.44 bits per heavy atom. The molecule has 0 spiro atoms. The van der Waals surface area contributed by atoms with Crippen molar-refractivity contribution < 1.29 is 9.90 Å². The van der Waals surface area contributed by atoms with Crippen LogP contribution in [0.3, 0.4) is 0 Å². The number of carbonyl (C=O) groups excluding carboxylic acids is 1. The van der Waals surface area contributed by atoms with Gasteiger partial charge in [0.05, 0.1) is 12.1 Å². The van der Waals surface area contributed by atoms with Crippen LogP contribution in [0.4, 0.5) is 0 Å². The van der Waals surface area contributed by atoms with Crippen LogP contribution in [0.25, 0.3) is 0 Å². The van der Waals surface area contributed by atoms with Gasteiger partial charge in [-0.3, -0.25) is 9.69 Å². The number of amides is 1. The Morgan fingerprint density at radius 3 is 2.67 bits per heavy atom. The number of nitrogens with zero attached hydrogens (tertiary/aromatic N) is 1. The molecule has 1 aliphatic rings. The molecule has 0 aromatic rings. The molecule has 3 atom stereocenters. The Labute approximate surface area is 111 Å². The second-order valence-electron chi connectivity index (χ2n) is 5.83. The van der Waals surface area contributed by atoms with E-state index in [2.05, 4.69) is 31.0 Å². The molecular formula is C14H28N2O2. The minimum atomic E-state index is -0.197. The van der Waals surface area contributed by atoms with Crippen LogP contribution in [0.2, 0.25) is 0 Å². The van der Waals surface area contributed by atoms with Gasteiger partial charge in [0.2, 0.25) is 5.91 Å². The molecule has 4 nitrogen and oxygen atoms in total. The van der Waals surface area contributed by atoms with E-state index in [1.165, 1.54) is 0 Å². The Bertz CT molecular complexity index is 269. The lowest BCUT2D eigenvalue weighted by Gasteiger charge is -2.38. The van der Waals surface area contributed by atoms with Crippen LogP contribution in [0, 0.1) is 11.8 Å². The molecule has 3 unspecified atom stereocenters. The highest BCUT2D eigenvalue weighted by molar-refractivity contribution is 5.81. The van der Waals surface area contributed by atoms with Crippen molar-refractivity contribution in [2.75, 3.05) is 19.6 Å². The average molecular weight is 256 g/mol. The van der Waals surface area contributed by atoms with Gasteiger partial charge in [0.1, 0.15) is 0 Å². The number of aliphatic hydroxyl groups is 1. The molecule has 0 bridgehead atoms. The molecule has 18 heavy (non-hydrogen) atoms. The number of rotatable bonds is 5. The van der Waals surface area contributed by atoms with Gasteiger partial charge in [-0.1, -0.05) is 20.8 Å². The molecule has 1 heterocycles. The Hall–Kier alpha value is -0.610. The Kier molecular flexibility index (Phi) is 6.09. The summed E-state index contributed by atoms with van der Waals surface area (Å²) in [5.74, 6) is 0.891. The maximum atomic E-state index is 12.0. The van der Waals surface area contributed by atoms with Crippen molar-refractivity contribution in [1.29, 1.82) is 0 Å². The number of carbonyl (C=O) groups is 1. The minimum absolute atomic E-state index is 0.0923. The number of likely N-dealkylation sites (tertiary alicyclic amines) is 1. The molecule has 2 N–H and O–H groups in total. The molecule has 1 saturated heterocycles. The first-order valence-electron chi connectivity index (χ1n) is 7.15. The first kappa shape index (κ1) is 15.4. The number of nitrogens with one attached hydrogen (secondary N) is 1. The number of aliphatic hydroxyl groups excluding tert-OH is 1. The molecule has 0 aromatic carbocycles. The number of piperidine rings is 1. The van der Waals surface area contributed by atoms with E-state index < -0.39 is 0 Å². The lowest BCUT2D eigenvalue weighted by atomic mass is 9.91. The van der Waals surface area contributed by atoms with E-state index >= 15 is 0 Å². The standard InChI is InChI=1S/C14H28N2O2/c1-5-12-9-16(7-6-13(12)17)11(4)14(18)15-8-10(2)3/h10-13,17H,5-9H2,1-4H3,(H,15,18). The van der Waals surface area contributed by atoms with Crippen molar-refractivity contribution in [2.45, 2.75) is 52.7 Å². The summed E-state index contributed by atoms with van der Waals surface area (Å²) in [5.41, 5.74) is 0. The van der Waals surface area contributed by atoms with Crippen molar-refractivity contribution in [3.8, 4) is 0 Å². The van der Waals surface area contributed by atoms with Crippen molar-refractivity contribution in [2.24, 2.45) is 11.8 Å². The Balaban J connectivity index is 2.46. The van der Waals surface area contributed by atoms with Gasteiger partial charge in [-0.05, 0) is 31.6 Å². The van der Waals surface area contributed by atoms with E-state index in [1.54, 1.807) is 0 Å². The summed E-state index contributed by atoms with van der Waals surface area (Å²) in [5, 5.41) is 12.8. The highest BCUT2D eigenvalue weighted by Gasteiger charge is 2.31. The summed E-state index contributed by atoms with van der Waals surface area (Å²) in [6.07, 6.45) is 1.55. The summed E-state index contributed by atoms with van der Waals surface area (Å²) >= 11 is 0. The average Bonchev–Trinajstić information content (AvgIpc) is 2.35. The third-order valence-corrected chi connectivity index (χ3v) is 3.86. The van der Waals surface area contributed by atoms with Crippen LogP contribution in [-0.2, 0) is 4.79 Å². The maximum Gasteiger partial charge on any atom is 0.237 e. The second-order valence-corrected chi connectivity index (χ2v) is 5.83. The van der Waals surface area contributed by atoms with Gasteiger partial charge < -0.3 is 10.4 Å². The zero-order valence-corrected chi connectivity index (χ0v) is 12.1. The predicted molar refractivity (Wildman–Crippen MR) is 73.3 cm³/mol. The van der Waals surface area contributed by atoms with E-state index in [4.69, 9.17) is 0 Å². The molecule has 0 saturated carbocycles. The van der Waals surface area contributed by atoms with Crippen LogP contribution in [0.1, 0.15) is 40.5 Å². The van der Waals surface area contributed by atoms with Gasteiger partial charge in [0.15, 0.2) is 0 Å². The van der Waals surface area contributed by atoms with Gasteiger partial charge in [-0.15, -0.1) is 0 Å². The fourth-order valence-electron chi connectivity index (χ4n) is 2.42. The summed E-state index contributed by atoms with van der Waals surface area (Å²) < 4.78 is 0. The molecule has 0 aromatic heterocycles. The summed E-state index contributed by atoms with van der Waals surface area (Å²) in [6.45, 7) is 10.6. The molecule has 1 aliphatic heterocycles. The first-order chi connectivity index (χ1) is 8.45. The molecule has 0 radical (unpaired) electrons. The SMILES string of the molecule is CCC1CN(C(C)C(=O)NCC(C)C)CCC1O. The van der Waals surface area contributed by atoms with Gasteiger partial charge >= 0.3 is 0 Å². The van der Waals surface area contributed by atoms with Crippen LogP contribution in [-0.4, -0.2) is 47.7 Å². The predicted octanol–water partition coefficient (Wildman–Crippen LogP) is 1.24. The molecule has 1 amide bonds. The quantitative estimate of drug-likeness (QED) is 0.778.